The van der Waals surface area contributed by atoms with Crippen molar-refractivity contribution in [2.45, 2.75) is 32.8 Å². The Morgan fingerprint density at radius 2 is 2.09 bits per heavy atom. The van der Waals surface area contributed by atoms with Gasteiger partial charge in [-0.15, -0.1) is 0 Å². The highest BCUT2D eigenvalue weighted by Crippen LogP contribution is 2.18. The number of amides is 1. The average Bonchev–Trinajstić information content (AvgIpc) is 2.93. The van der Waals surface area contributed by atoms with Crippen molar-refractivity contribution in [1.82, 2.24) is 10.2 Å². The number of hydrogen-bond donors (Lipinski definition) is 2. The molecule has 1 amide bonds. The smallest absolute Gasteiger partial charge is 0.222 e. The molecular formula is C18H28N2O2. The molecule has 2 N–H and O–H groups in total. The van der Waals surface area contributed by atoms with Gasteiger partial charge in [0.1, 0.15) is 0 Å². The number of benzene rings is 1. The van der Waals surface area contributed by atoms with Gasteiger partial charge in [-0.2, -0.15) is 0 Å². The Kier molecular flexibility index (Phi) is 6.40. The van der Waals surface area contributed by atoms with Crippen molar-refractivity contribution in [3.05, 3.63) is 35.9 Å². The molecule has 22 heavy (non-hydrogen) atoms. The largest absolute Gasteiger partial charge is 0.388 e. The van der Waals surface area contributed by atoms with E-state index in [1.165, 1.54) is 0 Å². The van der Waals surface area contributed by atoms with Crippen molar-refractivity contribution >= 4 is 5.91 Å². The topological polar surface area (TPSA) is 52.6 Å². The first-order chi connectivity index (χ1) is 10.5. The first kappa shape index (κ1) is 17.0. The van der Waals surface area contributed by atoms with Crippen molar-refractivity contribution in [3.63, 3.8) is 0 Å². The summed E-state index contributed by atoms with van der Waals surface area (Å²) in [6.07, 6.45) is 0.558. The zero-order valence-electron chi connectivity index (χ0n) is 13.7. The van der Waals surface area contributed by atoms with E-state index in [-0.39, 0.29) is 12.3 Å². The third-order valence-corrected chi connectivity index (χ3v) is 4.14. The molecule has 1 heterocycles. The molecule has 1 fully saturated rings. The van der Waals surface area contributed by atoms with Gasteiger partial charge in [-0.1, -0.05) is 44.2 Å². The van der Waals surface area contributed by atoms with Crippen LogP contribution in [0.3, 0.4) is 0 Å². The van der Waals surface area contributed by atoms with E-state index in [2.05, 4.69) is 24.1 Å². The average molecular weight is 304 g/mol. The van der Waals surface area contributed by atoms with Gasteiger partial charge in [0.2, 0.25) is 5.91 Å². The highest BCUT2D eigenvalue weighted by molar-refractivity contribution is 5.76. The number of rotatable bonds is 7. The molecule has 0 spiro atoms. The number of nitrogens with zero attached hydrogens (tertiary/aromatic N) is 1. The van der Waals surface area contributed by atoms with Gasteiger partial charge in [-0.05, 0) is 30.4 Å². The van der Waals surface area contributed by atoms with Gasteiger partial charge in [-0.3, -0.25) is 4.79 Å². The van der Waals surface area contributed by atoms with Crippen LogP contribution in [0.5, 0.6) is 0 Å². The van der Waals surface area contributed by atoms with E-state index in [1.54, 1.807) is 0 Å². The zero-order valence-corrected chi connectivity index (χ0v) is 13.7. The summed E-state index contributed by atoms with van der Waals surface area (Å²) in [5, 5.41) is 13.0. The number of carbonyl (C=O) groups excluding carboxylic acids is 1. The van der Waals surface area contributed by atoms with E-state index in [4.69, 9.17) is 0 Å². The van der Waals surface area contributed by atoms with Crippen LogP contribution in [0.25, 0.3) is 0 Å². The van der Waals surface area contributed by atoms with Crippen molar-refractivity contribution in [2.24, 2.45) is 11.8 Å². The van der Waals surface area contributed by atoms with E-state index in [0.717, 1.165) is 38.2 Å². The summed E-state index contributed by atoms with van der Waals surface area (Å²) in [6, 6.07) is 9.34. The number of aliphatic hydroxyl groups excluding tert-OH is 1. The number of aliphatic hydroxyl groups is 1. The van der Waals surface area contributed by atoms with Crippen LogP contribution in [0, 0.1) is 11.8 Å². The molecule has 0 radical (unpaired) electrons. The fraction of sp³-hybridized carbons (Fsp3) is 0.611. The predicted molar refractivity (Wildman–Crippen MR) is 88.4 cm³/mol. The third kappa shape index (κ3) is 5.43. The maximum Gasteiger partial charge on any atom is 0.222 e. The third-order valence-electron chi connectivity index (χ3n) is 4.14. The summed E-state index contributed by atoms with van der Waals surface area (Å²) in [5.41, 5.74) is 0.793. The quantitative estimate of drug-likeness (QED) is 0.812. The summed E-state index contributed by atoms with van der Waals surface area (Å²) in [4.78, 5) is 14.4. The van der Waals surface area contributed by atoms with Crippen LogP contribution in [-0.4, -0.2) is 42.1 Å². The normalized spacial score (nSPS) is 20.3. The molecule has 4 nitrogen and oxygen atoms in total. The van der Waals surface area contributed by atoms with Gasteiger partial charge >= 0.3 is 0 Å². The Morgan fingerprint density at radius 1 is 1.36 bits per heavy atom. The van der Waals surface area contributed by atoms with E-state index < -0.39 is 6.10 Å². The van der Waals surface area contributed by atoms with Crippen molar-refractivity contribution < 1.29 is 9.90 Å². The SMILES string of the molecule is CC(C)CN1CCC(CNC(=O)CC(O)c2ccccc2)C1. The first-order valence-corrected chi connectivity index (χ1v) is 8.26. The van der Waals surface area contributed by atoms with Crippen LogP contribution in [0.1, 0.15) is 38.4 Å². The molecule has 0 saturated carbocycles. The van der Waals surface area contributed by atoms with Gasteiger partial charge in [0.15, 0.2) is 0 Å². The summed E-state index contributed by atoms with van der Waals surface area (Å²) in [5.74, 6) is 1.16. The van der Waals surface area contributed by atoms with E-state index >= 15 is 0 Å². The molecule has 2 unspecified atom stereocenters. The van der Waals surface area contributed by atoms with Crippen LogP contribution in [0.2, 0.25) is 0 Å². The number of carbonyl (C=O) groups is 1. The van der Waals surface area contributed by atoms with E-state index in [0.29, 0.717) is 11.8 Å². The molecule has 0 aliphatic carbocycles. The highest BCUT2D eigenvalue weighted by atomic mass is 16.3. The fourth-order valence-electron chi connectivity index (χ4n) is 3.06. The first-order valence-electron chi connectivity index (χ1n) is 8.26. The fourth-order valence-corrected chi connectivity index (χ4v) is 3.06. The predicted octanol–water partition coefficient (Wildman–Crippen LogP) is 2.20. The Morgan fingerprint density at radius 3 is 2.77 bits per heavy atom. The van der Waals surface area contributed by atoms with Crippen LogP contribution in [0.4, 0.5) is 0 Å². The van der Waals surface area contributed by atoms with Gasteiger partial charge in [0.05, 0.1) is 12.5 Å². The van der Waals surface area contributed by atoms with Gasteiger partial charge in [-0.25, -0.2) is 0 Å². The highest BCUT2D eigenvalue weighted by Gasteiger charge is 2.23. The molecule has 1 aliphatic heterocycles. The lowest BCUT2D eigenvalue weighted by Crippen LogP contribution is -2.32. The summed E-state index contributed by atoms with van der Waals surface area (Å²) >= 11 is 0. The van der Waals surface area contributed by atoms with E-state index in [1.807, 2.05) is 30.3 Å². The molecule has 0 bridgehead atoms. The second-order valence-electron chi connectivity index (χ2n) is 6.74. The summed E-state index contributed by atoms with van der Waals surface area (Å²) < 4.78 is 0. The lowest BCUT2D eigenvalue weighted by atomic mass is 10.1. The molecule has 1 aromatic carbocycles. The molecule has 2 rings (SSSR count). The maximum absolute atomic E-state index is 12.0. The Labute approximate surface area is 133 Å². The molecule has 4 heteroatoms. The molecule has 1 saturated heterocycles. The Bertz CT molecular complexity index is 461. The Balaban J connectivity index is 1.68. The lowest BCUT2D eigenvalue weighted by Gasteiger charge is -2.18. The number of hydrogen-bond acceptors (Lipinski definition) is 3. The molecule has 122 valence electrons. The summed E-state index contributed by atoms with van der Waals surface area (Å²) in [7, 11) is 0. The number of nitrogens with one attached hydrogen (secondary N) is 1. The zero-order chi connectivity index (χ0) is 15.9. The van der Waals surface area contributed by atoms with Gasteiger partial charge in [0.25, 0.3) is 0 Å². The van der Waals surface area contributed by atoms with Gasteiger partial charge in [0, 0.05) is 19.6 Å². The van der Waals surface area contributed by atoms with Crippen LogP contribution < -0.4 is 5.32 Å². The molecule has 1 aliphatic rings. The second kappa shape index (κ2) is 8.30. The monoisotopic (exact) mass is 304 g/mol. The van der Waals surface area contributed by atoms with Crippen molar-refractivity contribution in [1.29, 1.82) is 0 Å². The van der Waals surface area contributed by atoms with Crippen molar-refractivity contribution in [2.75, 3.05) is 26.2 Å². The van der Waals surface area contributed by atoms with Crippen LogP contribution >= 0.6 is 0 Å². The molecule has 2 atom stereocenters. The minimum Gasteiger partial charge on any atom is -0.388 e. The van der Waals surface area contributed by atoms with E-state index in [9.17, 15) is 9.90 Å². The Hall–Kier alpha value is -1.39. The molecule has 1 aromatic rings. The summed E-state index contributed by atoms with van der Waals surface area (Å²) in [6.45, 7) is 8.53. The minimum absolute atomic E-state index is 0.0707. The van der Waals surface area contributed by atoms with Crippen molar-refractivity contribution in [3.8, 4) is 0 Å². The van der Waals surface area contributed by atoms with Crippen LogP contribution in [-0.2, 0) is 4.79 Å². The maximum atomic E-state index is 12.0. The van der Waals surface area contributed by atoms with Gasteiger partial charge < -0.3 is 15.3 Å². The second-order valence-corrected chi connectivity index (χ2v) is 6.74. The number of likely N-dealkylation sites (tertiary alicyclic amines) is 1. The van der Waals surface area contributed by atoms with Crippen LogP contribution in [0.15, 0.2) is 30.3 Å². The minimum atomic E-state index is -0.720. The molecule has 0 aromatic heterocycles. The standard InChI is InChI=1S/C18H28N2O2/c1-14(2)12-20-9-8-15(13-20)11-19-18(22)10-17(21)16-6-4-3-5-7-16/h3-7,14-15,17,21H,8-13H2,1-2H3,(H,19,22). The lowest BCUT2D eigenvalue weighted by molar-refractivity contribution is -0.123. The molecular weight excluding hydrogens is 276 g/mol.